The maximum Gasteiger partial charge on any atom is 0.410 e. The molecule has 0 unspecified atom stereocenters. The molecule has 268 valence electrons. The van der Waals surface area contributed by atoms with E-state index in [1.54, 1.807) is 23.8 Å². The van der Waals surface area contributed by atoms with Gasteiger partial charge in [-0.3, -0.25) is 34.9 Å². The van der Waals surface area contributed by atoms with Gasteiger partial charge in [0.1, 0.15) is 25.0 Å². The van der Waals surface area contributed by atoms with Crippen molar-refractivity contribution in [1.82, 2.24) is 9.80 Å². The highest BCUT2D eigenvalue weighted by Gasteiger charge is 2.44. The average Bonchev–Trinajstić information content (AvgIpc) is 3.56. The van der Waals surface area contributed by atoms with Gasteiger partial charge in [0, 0.05) is 67.4 Å². The molecule has 3 aromatic carbocycles. The van der Waals surface area contributed by atoms with Crippen LogP contribution in [0.25, 0.3) is 0 Å². The van der Waals surface area contributed by atoms with Crippen molar-refractivity contribution in [2.45, 2.75) is 36.7 Å². The van der Waals surface area contributed by atoms with Crippen LogP contribution in [0.1, 0.15) is 23.1 Å². The standard InChI is InChI=1S/C34H36N6O10S/c1-48-28-12-6-24(7-13-28)21-51-29-14-30(38(18-29)34(43)50-20-23-4-10-27(11-5-23)40(46)47)32(41)37-16-25(17-37)15-36-31(35)33(42)49-19-22-2-8-26(9-3-22)39(44)45/h2-13,25,29-30H,14-21H2,1H3,(H2,35,36)/t29-,30-/m0/s1. The molecule has 0 radical (unpaired) electrons. The fraction of sp³-hybridized carbons (Fsp3) is 0.353. The molecule has 0 saturated carbocycles. The number of nitro benzene ring substituents is 2. The first kappa shape index (κ1) is 36.6. The Kier molecular flexibility index (Phi) is 12.0. The van der Waals surface area contributed by atoms with Crippen molar-refractivity contribution in [3.8, 4) is 5.75 Å². The lowest BCUT2D eigenvalue weighted by Crippen LogP contribution is -2.57. The van der Waals surface area contributed by atoms with Crippen LogP contribution in [0, 0.1) is 26.1 Å². The number of methoxy groups -OCH3 is 1. The summed E-state index contributed by atoms with van der Waals surface area (Å²) in [7, 11) is 1.60. The summed E-state index contributed by atoms with van der Waals surface area (Å²) in [4.78, 5) is 67.3. The number of nitro groups is 2. The molecule has 0 aromatic heterocycles. The van der Waals surface area contributed by atoms with E-state index in [-0.39, 0.29) is 54.0 Å². The van der Waals surface area contributed by atoms with Crippen molar-refractivity contribution < 1.29 is 38.4 Å². The molecule has 0 spiro atoms. The lowest BCUT2D eigenvalue weighted by molar-refractivity contribution is -0.385. The second-order valence-corrected chi connectivity index (χ2v) is 13.3. The molecular weight excluding hydrogens is 684 g/mol. The fourth-order valence-corrected chi connectivity index (χ4v) is 6.74. The second-order valence-electron chi connectivity index (χ2n) is 12.0. The number of thioether (sulfide) groups is 1. The molecule has 5 rings (SSSR count). The number of amides is 2. The number of hydrogen-bond acceptors (Lipinski definition) is 12. The second kappa shape index (κ2) is 16.8. The summed E-state index contributed by atoms with van der Waals surface area (Å²) in [6.07, 6.45) is -0.222. The topological polar surface area (TPSA) is 210 Å². The molecule has 2 heterocycles. The Bertz CT molecular complexity index is 1770. The van der Waals surface area contributed by atoms with Gasteiger partial charge in [0.25, 0.3) is 11.4 Å². The van der Waals surface area contributed by atoms with Crippen LogP contribution in [0.3, 0.4) is 0 Å². The normalized spacial score (nSPS) is 17.4. The number of amidine groups is 1. The number of carbonyl (C=O) groups excluding carboxylic acids is 3. The molecule has 2 fully saturated rings. The molecule has 2 atom stereocenters. The van der Waals surface area contributed by atoms with E-state index in [4.69, 9.17) is 19.9 Å². The third-order valence-corrected chi connectivity index (χ3v) is 9.76. The van der Waals surface area contributed by atoms with Gasteiger partial charge in [0.05, 0.1) is 17.0 Å². The van der Waals surface area contributed by atoms with Gasteiger partial charge in [-0.15, -0.1) is 0 Å². The van der Waals surface area contributed by atoms with Gasteiger partial charge in [0.2, 0.25) is 11.7 Å². The molecule has 17 heteroatoms. The number of benzene rings is 3. The van der Waals surface area contributed by atoms with E-state index < -0.39 is 28.0 Å². The minimum atomic E-state index is -0.826. The predicted octanol–water partition coefficient (Wildman–Crippen LogP) is 4.08. The predicted molar refractivity (Wildman–Crippen MR) is 186 cm³/mol. The maximum absolute atomic E-state index is 13.7. The summed E-state index contributed by atoms with van der Waals surface area (Å²) in [6.45, 7) is 0.967. The lowest BCUT2D eigenvalue weighted by Gasteiger charge is -2.41. The van der Waals surface area contributed by atoms with Crippen LogP contribution >= 0.6 is 11.8 Å². The number of carbonyl (C=O) groups is 3. The summed E-state index contributed by atoms with van der Waals surface area (Å²) < 4.78 is 15.9. The Morgan fingerprint density at radius 2 is 1.39 bits per heavy atom. The number of likely N-dealkylation sites (tertiary alicyclic amines) is 2. The molecule has 16 nitrogen and oxygen atoms in total. The van der Waals surface area contributed by atoms with E-state index in [0.29, 0.717) is 42.9 Å². The van der Waals surface area contributed by atoms with Gasteiger partial charge < -0.3 is 24.8 Å². The van der Waals surface area contributed by atoms with Crippen LogP contribution in [-0.2, 0) is 38.0 Å². The highest BCUT2D eigenvalue weighted by molar-refractivity contribution is 7.99. The van der Waals surface area contributed by atoms with Crippen LogP contribution in [-0.4, -0.2) is 88.0 Å². The Labute approximate surface area is 296 Å². The van der Waals surface area contributed by atoms with E-state index in [1.807, 2.05) is 24.3 Å². The quantitative estimate of drug-likeness (QED) is 0.0871. The van der Waals surface area contributed by atoms with E-state index in [9.17, 15) is 34.6 Å². The lowest BCUT2D eigenvalue weighted by atomic mass is 9.98. The van der Waals surface area contributed by atoms with E-state index >= 15 is 0 Å². The minimum Gasteiger partial charge on any atom is -0.497 e. The smallest absolute Gasteiger partial charge is 0.410 e. The van der Waals surface area contributed by atoms with Gasteiger partial charge in [-0.25, -0.2) is 9.59 Å². The van der Waals surface area contributed by atoms with Crippen LogP contribution in [0.5, 0.6) is 5.75 Å². The Morgan fingerprint density at radius 3 is 1.94 bits per heavy atom. The van der Waals surface area contributed by atoms with Crippen molar-refractivity contribution in [3.63, 3.8) is 0 Å². The Morgan fingerprint density at radius 1 is 0.843 bits per heavy atom. The highest BCUT2D eigenvalue weighted by atomic mass is 32.2. The third-order valence-electron chi connectivity index (χ3n) is 8.45. The first-order chi connectivity index (χ1) is 24.5. The molecular formula is C34H36N6O10S. The van der Waals surface area contributed by atoms with E-state index in [0.717, 1.165) is 11.3 Å². The van der Waals surface area contributed by atoms with Gasteiger partial charge in [-0.2, -0.15) is 11.8 Å². The highest BCUT2D eigenvalue weighted by Crippen LogP contribution is 2.33. The molecule has 3 aromatic rings. The van der Waals surface area contributed by atoms with E-state index in [1.165, 1.54) is 53.4 Å². The monoisotopic (exact) mass is 720 g/mol. The summed E-state index contributed by atoms with van der Waals surface area (Å²) in [5.74, 6) is -0.00508. The Balaban J connectivity index is 1.14. The zero-order valence-corrected chi connectivity index (χ0v) is 28.4. The molecule has 2 aliphatic heterocycles. The minimum absolute atomic E-state index is 0.0357. The van der Waals surface area contributed by atoms with Crippen LogP contribution < -0.4 is 10.5 Å². The van der Waals surface area contributed by atoms with Crippen molar-refractivity contribution in [2.24, 2.45) is 16.6 Å². The van der Waals surface area contributed by atoms with Crippen LogP contribution in [0.4, 0.5) is 16.2 Å². The summed E-state index contributed by atoms with van der Waals surface area (Å²) in [6, 6.07) is 18.2. The van der Waals surface area contributed by atoms with E-state index in [2.05, 4.69) is 4.99 Å². The number of non-ortho nitro benzene ring substituents is 2. The molecule has 2 amide bonds. The number of rotatable bonds is 13. The first-order valence-corrected chi connectivity index (χ1v) is 17.0. The summed E-state index contributed by atoms with van der Waals surface area (Å²) in [5, 5.41) is 21.7. The first-order valence-electron chi connectivity index (χ1n) is 15.9. The third kappa shape index (κ3) is 9.72. The number of nitrogens with zero attached hydrogens (tertiary/aromatic N) is 5. The zero-order chi connectivity index (χ0) is 36.5. The number of ether oxygens (including phenoxy) is 3. The Hall–Kier alpha value is -5.71. The number of esters is 1. The summed E-state index contributed by atoms with van der Waals surface area (Å²) >= 11 is 1.64. The molecule has 0 aliphatic carbocycles. The van der Waals surface area contributed by atoms with Crippen LogP contribution in [0.2, 0.25) is 0 Å². The van der Waals surface area contributed by atoms with Gasteiger partial charge in [0.15, 0.2) is 0 Å². The maximum atomic E-state index is 13.7. The fourth-order valence-electron chi connectivity index (χ4n) is 5.54. The van der Waals surface area contributed by atoms with Gasteiger partial charge in [-0.1, -0.05) is 12.1 Å². The molecule has 51 heavy (non-hydrogen) atoms. The SMILES string of the molecule is COc1ccc(CS[C@H]2C[C@@H](C(=O)N3CC(CN=C(N)C(=O)OCc4ccc([N+](=O)[O-])cc4)C3)N(C(=O)OCc3ccc([N+](=O)[O-])cc3)C2)cc1. The van der Waals surface area contributed by atoms with Crippen molar-refractivity contribution in [3.05, 3.63) is 110 Å². The largest absolute Gasteiger partial charge is 0.497 e. The molecule has 2 N–H and O–H groups in total. The average molecular weight is 721 g/mol. The number of hydrogen-bond donors (Lipinski definition) is 1. The van der Waals surface area contributed by atoms with Crippen molar-refractivity contribution in [2.75, 3.05) is 33.3 Å². The number of aliphatic imine (C=N–C) groups is 1. The van der Waals surface area contributed by atoms with Gasteiger partial charge >= 0.3 is 12.1 Å². The van der Waals surface area contributed by atoms with Crippen LogP contribution in [0.15, 0.2) is 77.8 Å². The van der Waals surface area contributed by atoms with Gasteiger partial charge in [-0.05, 0) is 59.5 Å². The van der Waals surface area contributed by atoms with Crippen molar-refractivity contribution in [1.29, 1.82) is 0 Å². The molecule has 0 bridgehead atoms. The number of nitrogens with two attached hydrogens (primary N) is 1. The zero-order valence-electron chi connectivity index (χ0n) is 27.6. The van der Waals surface area contributed by atoms with Crippen molar-refractivity contribution >= 4 is 46.9 Å². The summed E-state index contributed by atoms with van der Waals surface area (Å²) in [5.41, 5.74) is 7.85. The molecule has 2 aliphatic rings. The molecule has 2 saturated heterocycles.